The lowest BCUT2D eigenvalue weighted by Gasteiger charge is -2.17. The summed E-state index contributed by atoms with van der Waals surface area (Å²) in [5.74, 6) is 0. The van der Waals surface area contributed by atoms with Crippen LogP contribution in [0.3, 0.4) is 0 Å². The number of aromatic nitrogens is 1. The predicted octanol–water partition coefficient (Wildman–Crippen LogP) is 4.11. The summed E-state index contributed by atoms with van der Waals surface area (Å²) in [5.41, 5.74) is 8.14. The van der Waals surface area contributed by atoms with E-state index in [9.17, 15) is 0 Å². The summed E-state index contributed by atoms with van der Waals surface area (Å²) in [7, 11) is 2.13. The largest absolute Gasteiger partial charge is 0.352 e. The molecule has 0 fully saturated rings. The fraction of sp³-hybridized carbons (Fsp3) is 0.444. The maximum Gasteiger partial charge on any atom is 0.0297 e. The zero-order valence-corrected chi connectivity index (χ0v) is 13.5. The maximum absolute atomic E-state index is 3.65. The van der Waals surface area contributed by atoms with Crippen LogP contribution in [0.2, 0.25) is 0 Å². The number of nitrogens with zero attached hydrogens (tertiary/aromatic N) is 1. The minimum Gasteiger partial charge on any atom is -0.352 e. The van der Waals surface area contributed by atoms with E-state index in [1.54, 1.807) is 0 Å². The Morgan fingerprint density at radius 3 is 2.40 bits per heavy atom. The molecule has 1 unspecified atom stereocenters. The standard InChI is InChI=1S/C18H26N2/c1-12-7-8-13(2)18(9-12)15(4)19-11-17-10-14(3)20(6)16(17)5/h7-10,15,19H,11H2,1-6H3. The highest BCUT2D eigenvalue weighted by Crippen LogP contribution is 2.20. The predicted molar refractivity (Wildman–Crippen MR) is 86.1 cm³/mol. The summed E-state index contributed by atoms with van der Waals surface area (Å²) >= 11 is 0. The van der Waals surface area contributed by atoms with Crippen LogP contribution < -0.4 is 5.32 Å². The monoisotopic (exact) mass is 270 g/mol. The van der Waals surface area contributed by atoms with Gasteiger partial charge in [0, 0.05) is 31.0 Å². The van der Waals surface area contributed by atoms with Crippen LogP contribution >= 0.6 is 0 Å². The topological polar surface area (TPSA) is 17.0 Å². The second-order valence-electron chi connectivity index (χ2n) is 5.92. The fourth-order valence-corrected chi connectivity index (χ4v) is 2.71. The molecular weight excluding hydrogens is 244 g/mol. The molecule has 0 spiro atoms. The summed E-state index contributed by atoms with van der Waals surface area (Å²) in [6.07, 6.45) is 0. The number of aryl methyl sites for hydroxylation is 3. The van der Waals surface area contributed by atoms with Gasteiger partial charge in [0.15, 0.2) is 0 Å². The average molecular weight is 270 g/mol. The third kappa shape index (κ3) is 2.96. The highest BCUT2D eigenvalue weighted by molar-refractivity contribution is 5.33. The first-order chi connectivity index (χ1) is 9.40. The van der Waals surface area contributed by atoms with E-state index in [0.29, 0.717) is 6.04 Å². The third-order valence-corrected chi connectivity index (χ3v) is 4.38. The lowest BCUT2D eigenvalue weighted by Crippen LogP contribution is -2.19. The molecule has 2 heteroatoms. The summed E-state index contributed by atoms with van der Waals surface area (Å²) in [6.45, 7) is 11.8. The molecule has 0 aliphatic rings. The number of hydrogen-bond donors (Lipinski definition) is 1. The van der Waals surface area contributed by atoms with Crippen molar-refractivity contribution in [2.45, 2.75) is 47.2 Å². The Balaban J connectivity index is 2.10. The van der Waals surface area contributed by atoms with Crippen molar-refractivity contribution in [3.63, 3.8) is 0 Å². The van der Waals surface area contributed by atoms with Gasteiger partial charge in [0.25, 0.3) is 0 Å². The van der Waals surface area contributed by atoms with Crippen molar-refractivity contribution in [2.24, 2.45) is 7.05 Å². The van der Waals surface area contributed by atoms with Crippen molar-refractivity contribution in [3.05, 3.63) is 57.9 Å². The van der Waals surface area contributed by atoms with Gasteiger partial charge in [-0.05, 0) is 57.4 Å². The van der Waals surface area contributed by atoms with Gasteiger partial charge in [-0.25, -0.2) is 0 Å². The van der Waals surface area contributed by atoms with E-state index in [2.05, 4.69) is 75.8 Å². The summed E-state index contributed by atoms with van der Waals surface area (Å²) in [5, 5.41) is 3.65. The summed E-state index contributed by atoms with van der Waals surface area (Å²) in [6, 6.07) is 9.32. The number of hydrogen-bond acceptors (Lipinski definition) is 1. The lowest BCUT2D eigenvalue weighted by molar-refractivity contribution is 0.570. The van der Waals surface area contributed by atoms with Gasteiger partial charge >= 0.3 is 0 Å². The van der Waals surface area contributed by atoms with Gasteiger partial charge in [0.05, 0.1) is 0 Å². The van der Waals surface area contributed by atoms with E-state index in [4.69, 9.17) is 0 Å². The Morgan fingerprint density at radius 1 is 1.10 bits per heavy atom. The lowest BCUT2D eigenvalue weighted by atomic mass is 10.00. The summed E-state index contributed by atoms with van der Waals surface area (Å²) in [4.78, 5) is 0. The normalized spacial score (nSPS) is 12.7. The molecular formula is C18H26N2. The van der Waals surface area contributed by atoms with E-state index in [-0.39, 0.29) is 0 Å². The molecule has 1 atom stereocenters. The molecule has 0 radical (unpaired) electrons. The number of benzene rings is 1. The van der Waals surface area contributed by atoms with Crippen molar-refractivity contribution in [3.8, 4) is 0 Å². The minimum atomic E-state index is 0.370. The second kappa shape index (κ2) is 5.84. The van der Waals surface area contributed by atoms with Gasteiger partial charge in [-0.1, -0.05) is 23.8 Å². The first-order valence-corrected chi connectivity index (χ1v) is 7.32. The Labute approximate surface area is 122 Å². The molecule has 2 aromatic rings. The van der Waals surface area contributed by atoms with Gasteiger partial charge in [-0.3, -0.25) is 0 Å². The molecule has 1 heterocycles. The molecule has 2 rings (SSSR count). The smallest absolute Gasteiger partial charge is 0.0297 e. The van der Waals surface area contributed by atoms with Crippen LogP contribution in [0.15, 0.2) is 24.3 Å². The molecule has 2 nitrogen and oxygen atoms in total. The molecule has 1 N–H and O–H groups in total. The Bertz CT molecular complexity index is 608. The SMILES string of the molecule is Cc1ccc(C)c(C(C)NCc2cc(C)n(C)c2C)c1. The Hall–Kier alpha value is -1.54. The first-order valence-electron chi connectivity index (χ1n) is 7.32. The Kier molecular flexibility index (Phi) is 4.34. The highest BCUT2D eigenvalue weighted by Gasteiger charge is 2.10. The van der Waals surface area contributed by atoms with Crippen LogP contribution in [-0.2, 0) is 13.6 Å². The zero-order chi connectivity index (χ0) is 14.9. The quantitative estimate of drug-likeness (QED) is 0.884. The summed E-state index contributed by atoms with van der Waals surface area (Å²) < 4.78 is 2.25. The van der Waals surface area contributed by atoms with Gasteiger partial charge in [-0.15, -0.1) is 0 Å². The molecule has 0 aliphatic carbocycles. The van der Waals surface area contributed by atoms with Crippen LogP contribution in [0, 0.1) is 27.7 Å². The molecule has 1 aromatic heterocycles. The van der Waals surface area contributed by atoms with Crippen LogP contribution in [0.5, 0.6) is 0 Å². The van der Waals surface area contributed by atoms with E-state index in [1.807, 2.05) is 0 Å². The third-order valence-electron chi connectivity index (χ3n) is 4.38. The minimum absolute atomic E-state index is 0.370. The van der Waals surface area contributed by atoms with Crippen LogP contribution in [-0.4, -0.2) is 4.57 Å². The van der Waals surface area contributed by atoms with Gasteiger partial charge in [-0.2, -0.15) is 0 Å². The van der Waals surface area contributed by atoms with Gasteiger partial charge < -0.3 is 9.88 Å². The van der Waals surface area contributed by atoms with E-state index in [1.165, 1.54) is 33.6 Å². The van der Waals surface area contributed by atoms with Crippen molar-refractivity contribution in [2.75, 3.05) is 0 Å². The molecule has 20 heavy (non-hydrogen) atoms. The van der Waals surface area contributed by atoms with Crippen molar-refractivity contribution in [1.29, 1.82) is 0 Å². The molecule has 0 bridgehead atoms. The number of rotatable bonds is 4. The zero-order valence-electron chi connectivity index (χ0n) is 13.5. The van der Waals surface area contributed by atoms with Crippen LogP contribution in [0.25, 0.3) is 0 Å². The molecule has 0 amide bonds. The highest BCUT2D eigenvalue weighted by atomic mass is 15.0. The molecule has 1 aromatic carbocycles. The van der Waals surface area contributed by atoms with Crippen molar-refractivity contribution >= 4 is 0 Å². The van der Waals surface area contributed by atoms with Gasteiger partial charge in [0.1, 0.15) is 0 Å². The van der Waals surface area contributed by atoms with Crippen LogP contribution in [0.1, 0.15) is 46.6 Å². The molecule has 0 saturated carbocycles. The first kappa shape index (κ1) is 14.9. The van der Waals surface area contributed by atoms with E-state index in [0.717, 1.165) is 6.54 Å². The number of nitrogens with one attached hydrogen (secondary N) is 1. The Morgan fingerprint density at radius 2 is 1.80 bits per heavy atom. The molecule has 0 aliphatic heterocycles. The van der Waals surface area contributed by atoms with Gasteiger partial charge in [0.2, 0.25) is 0 Å². The van der Waals surface area contributed by atoms with E-state index < -0.39 is 0 Å². The van der Waals surface area contributed by atoms with Crippen molar-refractivity contribution in [1.82, 2.24) is 9.88 Å². The van der Waals surface area contributed by atoms with E-state index >= 15 is 0 Å². The van der Waals surface area contributed by atoms with Crippen LogP contribution in [0.4, 0.5) is 0 Å². The fourth-order valence-electron chi connectivity index (χ4n) is 2.71. The maximum atomic E-state index is 3.65. The molecule has 0 saturated heterocycles. The van der Waals surface area contributed by atoms with Crippen molar-refractivity contribution < 1.29 is 0 Å². The average Bonchev–Trinajstić information content (AvgIpc) is 2.66. The molecule has 108 valence electrons. The second-order valence-corrected chi connectivity index (χ2v) is 5.92.